The molecule has 0 aromatic carbocycles. The van der Waals surface area contributed by atoms with Crippen LogP contribution >= 0.6 is 0 Å². The highest BCUT2D eigenvalue weighted by Crippen LogP contribution is 2.11. The molecule has 2 aliphatic rings. The van der Waals surface area contributed by atoms with Crippen LogP contribution in [-0.2, 0) is 4.74 Å². The Bertz CT molecular complexity index is 184. The lowest BCUT2D eigenvalue weighted by atomic mass is 10.3. The van der Waals surface area contributed by atoms with Crippen LogP contribution in [0.1, 0.15) is 25.7 Å². The highest BCUT2D eigenvalue weighted by atomic mass is 16.5. The van der Waals surface area contributed by atoms with Crippen LogP contribution in [0.4, 0.5) is 4.79 Å². The normalized spacial score (nSPS) is 28.0. The van der Waals surface area contributed by atoms with Gasteiger partial charge in [-0.15, -0.1) is 0 Å². The summed E-state index contributed by atoms with van der Waals surface area (Å²) in [5.41, 5.74) is 0. The van der Waals surface area contributed by atoms with E-state index >= 15 is 0 Å². The molecule has 2 heterocycles. The van der Waals surface area contributed by atoms with Gasteiger partial charge in [-0.25, -0.2) is 4.79 Å². The predicted molar refractivity (Wildman–Crippen MR) is 48.3 cm³/mol. The molecule has 2 fully saturated rings. The molecule has 13 heavy (non-hydrogen) atoms. The minimum Gasteiger partial charge on any atom is -0.358 e. The second kappa shape index (κ2) is 3.96. The monoisotopic (exact) mass is 184 g/mol. The Morgan fingerprint density at radius 3 is 2.69 bits per heavy atom. The van der Waals surface area contributed by atoms with E-state index in [1.165, 1.54) is 0 Å². The minimum absolute atomic E-state index is 0.0342. The standard InChI is InChI=1S/C9H16N2O2/c12-9(11-5-1-2-6-11)10-8-4-3-7-13-8/h8H,1-7H2,(H,10,12). The van der Waals surface area contributed by atoms with E-state index in [2.05, 4.69) is 5.32 Å². The van der Waals surface area contributed by atoms with Gasteiger partial charge >= 0.3 is 6.03 Å². The van der Waals surface area contributed by atoms with Crippen LogP contribution in [-0.4, -0.2) is 36.9 Å². The van der Waals surface area contributed by atoms with Crippen molar-refractivity contribution in [2.75, 3.05) is 19.7 Å². The summed E-state index contributed by atoms with van der Waals surface area (Å²) in [6, 6.07) is 0.0457. The fraction of sp³-hybridized carbons (Fsp3) is 0.889. The Morgan fingerprint density at radius 2 is 2.08 bits per heavy atom. The molecule has 0 aromatic rings. The van der Waals surface area contributed by atoms with Crippen molar-refractivity contribution in [1.29, 1.82) is 0 Å². The largest absolute Gasteiger partial charge is 0.358 e. The van der Waals surface area contributed by atoms with E-state index in [0.29, 0.717) is 0 Å². The van der Waals surface area contributed by atoms with Crippen LogP contribution in [0.15, 0.2) is 0 Å². The number of nitrogens with one attached hydrogen (secondary N) is 1. The second-order valence-corrected chi connectivity index (χ2v) is 3.65. The average molecular weight is 184 g/mol. The number of nitrogens with zero attached hydrogens (tertiary/aromatic N) is 1. The molecule has 0 radical (unpaired) electrons. The molecule has 1 unspecified atom stereocenters. The number of rotatable bonds is 1. The topological polar surface area (TPSA) is 41.6 Å². The molecule has 0 spiro atoms. The number of amides is 2. The molecule has 0 aliphatic carbocycles. The summed E-state index contributed by atoms with van der Waals surface area (Å²) in [5.74, 6) is 0. The van der Waals surface area contributed by atoms with Crippen molar-refractivity contribution in [3.63, 3.8) is 0 Å². The zero-order valence-corrected chi connectivity index (χ0v) is 7.79. The van der Waals surface area contributed by atoms with Gasteiger partial charge in [0.15, 0.2) is 0 Å². The maximum atomic E-state index is 11.5. The molecule has 2 amide bonds. The van der Waals surface area contributed by atoms with Gasteiger partial charge < -0.3 is 15.0 Å². The van der Waals surface area contributed by atoms with Crippen LogP contribution in [0, 0.1) is 0 Å². The van der Waals surface area contributed by atoms with Gasteiger partial charge in [0.2, 0.25) is 0 Å². The molecule has 4 heteroatoms. The molecule has 74 valence electrons. The summed E-state index contributed by atoms with van der Waals surface area (Å²) >= 11 is 0. The van der Waals surface area contributed by atoms with E-state index in [9.17, 15) is 4.79 Å². The number of ether oxygens (including phenoxy) is 1. The summed E-state index contributed by atoms with van der Waals surface area (Å²) in [7, 11) is 0. The average Bonchev–Trinajstić information content (AvgIpc) is 2.74. The summed E-state index contributed by atoms with van der Waals surface area (Å²) in [6.45, 7) is 2.59. The first-order valence-electron chi connectivity index (χ1n) is 5.03. The lowest BCUT2D eigenvalue weighted by Gasteiger charge is -2.19. The molecule has 1 atom stereocenters. The Morgan fingerprint density at radius 1 is 1.31 bits per heavy atom. The number of carbonyl (C=O) groups excluding carboxylic acids is 1. The molecule has 0 bridgehead atoms. The predicted octanol–water partition coefficient (Wildman–Crippen LogP) is 0.928. The summed E-state index contributed by atoms with van der Waals surface area (Å²) in [6.07, 6.45) is 4.26. The van der Waals surface area contributed by atoms with Crippen LogP contribution in [0.25, 0.3) is 0 Å². The third-order valence-electron chi connectivity index (χ3n) is 2.61. The fourth-order valence-corrected chi connectivity index (χ4v) is 1.84. The molecule has 2 rings (SSSR count). The zero-order valence-electron chi connectivity index (χ0n) is 7.79. The molecule has 2 aliphatic heterocycles. The van der Waals surface area contributed by atoms with Crippen molar-refractivity contribution in [1.82, 2.24) is 10.2 Å². The SMILES string of the molecule is O=C(NC1CCCO1)N1CCCC1. The van der Waals surface area contributed by atoms with Crippen molar-refractivity contribution in [2.24, 2.45) is 0 Å². The number of carbonyl (C=O) groups is 1. The van der Waals surface area contributed by atoms with Crippen LogP contribution in [0.3, 0.4) is 0 Å². The smallest absolute Gasteiger partial charge is 0.319 e. The highest BCUT2D eigenvalue weighted by Gasteiger charge is 2.22. The molecule has 0 aromatic heterocycles. The Labute approximate surface area is 78.2 Å². The molecule has 0 saturated carbocycles. The Balaban J connectivity index is 1.76. The molecular weight excluding hydrogens is 168 g/mol. The van der Waals surface area contributed by atoms with E-state index in [1.54, 1.807) is 0 Å². The molecule has 1 N–H and O–H groups in total. The van der Waals surface area contributed by atoms with Crippen molar-refractivity contribution >= 4 is 6.03 Å². The van der Waals surface area contributed by atoms with Crippen LogP contribution in [0.2, 0.25) is 0 Å². The van der Waals surface area contributed by atoms with E-state index < -0.39 is 0 Å². The number of likely N-dealkylation sites (tertiary alicyclic amines) is 1. The van der Waals surface area contributed by atoms with Gasteiger partial charge in [-0.05, 0) is 25.7 Å². The third kappa shape index (κ3) is 2.12. The van der Waals surface area contributed by atoms with E-state index in [4.69, 9.17) is 4.74 Å². The highest BCUT2D eigenvalue weighted by molar-refractivity contribution is 5.74. The molecule has 4 nitrogen and oxygen atoms in total. The first kappa shape index (κ1) is 8.81. The Kier molecular flexibility index (Phi) is 2.68. The number of hydrogen-bond acceptors (Lipinski definition) is 2. The first-order valence-corrected chi connectivity index (χ1v) is 5.03. The Hall–Kier alpha value is -0.770. The quantitative estimate of drug-likeness (QED) is 0.658. The lowest BCUT2D eigenvalue weighted by molar-refractivity contribution is 0.0851. The van der Waals surface area contributed by atoms with E-state index in [-0.39, 0.29) is 12.3 Å². The summed E-state index contributed by atoms with van der Waals surface area (Å²) < 4.78 is 5.32. The van der Waals surface area contributed by atoms with Gasteiger partial charge in [-0.3, -0.25) is 0 Å². The zero-order chi connectivity index (χ0) is 9.10. The number of hydrogen-bond donors (Lipinski definition) is 1. The van der Waals surface area contributed by atoms with Gasteiger partial charge in [0, 0.05) is 19.7 Å². The maximum absolute atomic E-state index is 11.5. The van der Waals surface area contributed by atoms with Crippen molar-refractivity contribution in [3.05, 3.63) is 0 Å². The molecular formula is C9H16N2O2. The van der Waals surface area contributed by atoms with Crippen LogP contribution < -0.4 is 5.32 Å². The minimum atomic E-state index is -0.0342. The van der Waals surface area contributed by atoms with Crippen molar-refractivity contribution in [3.8, 4) is 0 Å². The van der Waals surface area contributed by atoms with Crippen molar-refractivity contribution < 1.29 is 9.53 Å². The molecule has 2 saturated heterocycles. The van der Waals surface area contributed by atoms with Gasteiger partial charge in [-0.2, -0.15) is 0 Å². The summed E-state index contributed by atoms with van der Waals surface area (Å²) in [4.78, 5) is 13.4. The second-order valence-electron chi connectivity index (χ2n) is 3.65. The van der Waals surface area contributed by atoms with Gasteiger partial charge in [0.25, 0.3) is 0 Å². The van der Waals surface area contributed by atoms with Gasteiger partial charge in [0.05, 0.1) is 0 Å². The summed E-state index contributed by atoms with van der Waals surface area (Å²) in [5, 5.41) is 2.89. The van der Waals surface area contributed by atoms with Gasteiger partial charge in [-0.1, -0.05) is 0 Å². The van der Waals surface area contributed by atoms with E-state index in [0.717, 1.165) is 45.4 Å². The lowest BCUT2D eigenvalue weighted by Crippen LogP contribution is -2.43. The van der Waals surface area contributed by atoms with E-state index in [1.807, 2.05) is 4.90 Å². The third-order valence-corrected chi connectivity index (χ3v) is 2.61. The van der Waals surface area contributed by atoms with Gasteiger partial charge in [0.1, 0.15) is 6.23 Å². The fourth-order valence-electron chi connectivity index (χ4n) is 1.84. The van der Waals surface area contributed by atoms with Crippen molar-refractivity contribution in [2.45, 2.75) is 31.9 Å². The van der Waals surface area contributed by atoms with Crippen LogP contribution in [0.5, 0.6) is 0 Å². The maximum Gasteiger partial charge on any atom is 0.319 e. The number of urea groups is 1. The first-order chi connectivity index (χ1) is 6.36.